The number of rotatable bonds is 3. The molecule has 2 rings (SSSR count). The first kappa shape index (κ1) is 19.7. The molecule has 130 valence electrons. The maximum Gasteiger partial charge on any atom is 0.0561 e. The van der Waals surface area contributed by atoms with Crippen LogP contribution in [0.1, 0.15) is 73.5 Å². The van der Waals surface area contributed by atoms with Crippen LogP contribution >= 0.6 is 31.9 Å². The Bertz CT molecular complexity index is 594. The Morgan fingerprint density at radius 1 is 0.542 bits per heavy atom. The van der Waals surface area contributed by atoms with E-state index in [1.807, 2.05) is 0 Å². The lowest BCUT2D eigenvalue weighted by molar-refractivity contribution is 0.589. The smallest absolute Gasteiger partial charge is 0.0561 e. The Kier molecular flexibility index (Phi) is 6.03. The highest BCUT2D eigenvalue weighted by Crippen LogP contribution is 2.43. The van der Waals surface area contributed by atoms with Crippen LogP contribution in [-0.2, 0) is 10.8 Å². The van der Waals surface area contributed by atoms with Gasteiger partial charge in [0.2, 0.25) is 0 Å². The van der Waals surface area contributed by atoms with Crippen LogP contribution in [0.25, 0.3) is 0 Å². The molecule has 0 radical (unpaired) electrons. The molecule has 0 fully saturated rings. The summed E-state index contributed by atoms with van der Waals surface area (Å²) in [4.78, 5) is 0.485. The van der Waals surface area contributed by atoms with E-state index in [1.54, 1.807) is 0 Å². The lowest BCUT2D eigenvalue weighted by Gasteiger charge is -2.23. The van der Waals surface area contributed by atoms with Crippen LogP contribution in [0, 0.1) is 0 Å². The molecule has 0 saturated carbocycles. The SMILES string of the molecule is CC(C)(C)c1ccc(C(Br)C(Br)c2ccc(C(C)(C)C)cc2)cc1. The zero-order valence-electron chi connectivity index (χ0n) is 15.5. The highest BCUT2D eigenvalue weighted by molar-refractivity contribution is 9.12. The van der Waals surface area contributed by atoms with Crippen LogP contribution in [0.2, 0.25) is 0 Å². The van der Waals surface area contributed by atoms with E-state index in [1.165, 1.54) is 22.3 Å². The van der Waals surface area contributed by atoms with Gasteiger partial charge in [-0.25, -0.2) is 0 Å². The van der Waals surface area contributed by atoms with E-state index < -0.39 is 0 Å². The molecule has 2 heteroatoms. The summed E-state index contributed by atoms with van der Waals surface area (Å²) in [5.74, 6) is 0. The van der Waals surface area contributed by atoms with Crippen molar-refractivity contribution in [2.24, 2.45) is 0 Å². The highest BCUT2D eigenvalue weighted by Gasteiger charge is 2.22. The first-order valence-corrected chi connectivity index (χ1v) is 10.3. The molecule has 0 aliphatic rings. The molecule has 0 bridgehead atoms. The molecule has 2 unspecified atom stereocenters. The van der Waals surface area contributed by atoms with Gasteiger partial charge < -0.3 is 0 Å². The molecular weight excluding hydrogens is 424 g/mol. The summed E-state index contributed by atoms with van der Waals surface area (Å²) >= 11 is 7.75. The molecule has 0 N–H and O–H groups in total. The second-order valence-electron chi connectivity index (χ2n) is 8.55. The summed E-state index contributed by atoms with van der Waals surface area (Å²) in [7, 11) is 0. The third-order valence-corrected chi connectivity index (χ3v) is 7.27. The zero-order valence-corrected chi connectivity index (χ0v) is 18.7. The van der Waals surface area contributed by atoms with Gasteiger partial charge in [-0.1, -0.05) is 122 Å². The van der Waals surface area contributed by atoms with E-state index in [0.717, 1.165) is 0 Å². The molecule has 0 aliphatic heterocycles. The first-order chi connectivity index (χ1) is 11.0. The number of alkyl halides is 2. The largest absolute Gasteiger partial charge is 0.0823 e. The standard InChI is InChI=1S/C22H28Br2/c1-21(2,3)17-11-7-15(8-12-17)19(23)20(24)16-9-13-18(14-10-16)22(4,5)6/h7-14,19-20H,1-6H3. The summed E-state index contributed by atoms with van der Waals surface area (Å²) < 4.78 is 0. The summed E-state index contributed by atoms with van der Waals surface area (Å²) in [6.45, 7) is 13.5. The second-order valence-corrected chi connectivity index (χ2v) is 10.5. The summed E-state index contributed by atoms with van der Waals surface area (Å²) in [6.07, 6.45) is 0. The molecule has 0 amide bonds. The topological polar surface area (TPSA) is 0 Å². The van der Waals surface area contributed by atoms with Crippen molar-refractivity contribution >= 4 is 31.9 Å². The number of benzene rings is 2. The first-order valence-electron chi connectivity index (χ1n) is 8.49. The van der Waals surface area contributed by atoms with Gasteiger partial charge in [-0.15, -0.1) is 0 Å². The van der Waals surface area contributed by atoms with Crippen LogP contribution in [0.4, 0.5) is 0 Å². The second kappa shape index (κ2) is 7.33. The van der Waals surface area contributed by atoms with Crippen molar-refractivity contribution < 1.29 is 0 Å². The number of halogens is 2. The molecule has 0 nitrogen and oxygen atoms in total. The average Bonchev–Trinajstić information content (AvgIpc) is 2.52. The van der Waals surface area contributed by atoms with E-state index in [0.29, 0.717) is 0 Å². The molecular formula is C22H28Br2. The van der Waals surface area contributed by atoms with Gasteiger partial charge in [0.05, 0.1) is 9.65 Å². The van der Waals surface area contributed by atoms with E-state index in [9.17, 15) is 0 Å². The van der Waals surface area contributed by atoms with Crippen LogP contribution in [0.15, 0.2) is 48.5 Å². The van der Waals surface area contributed by atoms with Crippen molar-refractivity contribution in [2.75, 3.05) is 0 Å². The molecule has 2 aromatic rings. The van der Waals surface area contributed by atoms with Crippen molar-refractivity contribution in [3.63, 3.8) is 0 Å². The molecule has 0 spiro atoms. The minimum absolute atomic E-state index is 0.191. The third-order valence-electron chi connectivity index (χ3n) is 4.45. The summed E-state index contributed by atoms with van der Waals surface area (Å²) in [6, 6.07) is 17.9. The van der Waals surface area contributed by atoms with Crippen LogP contribution in [0.5, 0.6) is 0 Å². The number of hydrogen-bond acceptors (Lipinski definition) is 0. The van der Waals surface area contributed by atoms with Crippen molar-refractivity contribution in [3.8, 4) is 0 Å². The van der Waals surface area contributed by atoms with E-state index in [-0.39, 0.29) is 20.5 Å². The lowest BCUT2D eigenvalue weighted by atomic mass is 9.85. The number of hydrogen-bond donors (Lipinski definition) is 0. The summed E-state index contributed by atoms with van der Waals surface area (Å²) in [5, 5.41) is 0. The van der Waals surface area contributed by atoms with Gasteiger partial charge in [-0.05, 0) is 33.1 Å². The van der Waals surface area contributed by atoms with Crippen molar-refractivity contribution in [2.45, 2.75) is 62.0 Å². The molecule has 24 heavy (non-hydrogen) atoms. The van der Waals surface area contributed by atoms with Gasteiger partial charge in [-0.2, -0.15) is 0 Å². The molecule has 0 aliphatic carbocycles. The van der Waals surface area contributed by atoms with E-state index in [4.69, 9.17) is 0 Å². The lowest BCUT2D eigenvalue weighted by Crippen LogP contribution is -2.11. The maximum absolute atomic E-state index is 3.87. The van der Waals surface area contributed by atoms with Crippen LogP contribution in [0.3, 0.4) is 0 Å². The summed E-state index contributed by atoms with van der Waals surface area (Å²) in [5.41, 5.74) is 5.71. The van der Waals surface area contributed by atoms with Gasteiger partial charge in [-0.3, -0.25) is 0 Å². The van der Waals surface area contributed by atoms with Gasteiger partial charge in [0, 0.05) is 0 Å². The molecule has 0 heterocycles. The predicted molar refractivity (Wildman–Crippen MR) is 114 cm³/mol. The van der Waals surface area contributed by atoms with Crippen molar-refractivity contribution in [1.82, 2.24) is 0 Å². The van der Waals surface area contributed by atoms with Crippen molar-refractivity contribution in [1.29, 1.82) is 0 Å². The van der Waals surface area contributed by atoms with Gasteiger partial charge >= 0.3 is 0 Å². The molecule has 2 atom stereocenters. The quantitative estimate of drug-likeness (QED) is 0.416. The van der Waals surface area contributed by atoms with Gasteiger partial charge in [0.15, 0.2) is 0 Å². The van der Waals surface area contributed by atoms with E-state index in [2.05, 4.69) is 122 Å². The molecule has 0 saturated heterocycles. The van der Waals surface area contributed by atoms with Crippen LogP contribution < -0.4 is 0 Å². The average molecular weight is 452 g/mol. The molecule has 2 aromatic carbocycles. The minimum atomic E-state index is 0.191. The Balaban J connectivity index is 2.18. The van der Waals surface area contributed by atoms with Gasteiger partial charge in [0.1, 0.15) is 0 Å². The Labute approximate surface area is 164 Å². The fourth-order valence-electron chi connectivity index (χ4n) is 2.67. The minimum Gasteiger partial charge on any atom is -0.0823 e. The predicted octanol–water partition coefficient (Wildman–Crippen LogP) is 7.85. The molecule has 0 aromatic heterocycles. The van der Waals surface area contributed by atoms with Gasteiger partial charge in [0.25, 0.3) is 0 Å². The maximum atomic E-state index is 3.87. The Morgan fingerprint density at radius 3 is 1.00 bits per heavy atom. The van der Waals surface area contributed by atoms with E-state index >= 15 is 0 Å². The zero-order chi connectivity index (χ0) is 18.1. The third kappa shape index (κ3) is 4.73. The fraction of sp³-hybridized carbons (Fsp3) is 0.455. The Hall–Kier alpha value is -0.600. The Morgan fingerprint density at radius 2 is 0.792 bits per heavy atom. The van der Waals surface area contributed by atoms with Crippen molar-refractivity contribution in [3.05, 3.63) is 70.8 Å². The van der Waals surface area contributed by atoms with Crippen LogP contribution in [-0.4, -0.2) is 0 Å². The normalized spacial score (nSPS) is 15.2. The highest BCUT2D eigenvalue weighted by atomic mass is 79.9. The fourth-order valence-corrected chi connectivity index (χ4v) is 3.89. The monoisotopic (exact) mass is 450 g/mol.